The Balaban J connectivity index is 2.13. The molecular weight excluding hydrogens is 352 g/mol. The molecule has 1 heterocycles. The van der Waals surface area contributed by atoms with Gasteiger partial charge in [0, 0.05) is 13.1 Å². The second kappa shape index (κ2) is 8.37. The van der Waals surface area contributed by atoms with Gasteiger partial charge in [0.25, 0.3) is 10.0 Å². The minimum absolute atomic E-state index is 0.214. The summed E-state index contributed by atoms with van der Waals surface area (Å²) >= 11 is 0. The van der Waals surface area contributed by atoms with E-state index in [9.17, 15) is 8.42 Å². The Hall–Kier alpha value is -2.32. The highest BCUT2D eigenvalue weighted by Gasteiger charge is 2.19. The van der Waals surface area contributed by atoms with Crippen LogP contribution in [-0.2, 0) is 10.0 Å². The summed E-state index contributed by atoms with van der Waals surface area (Å²) in [6.45, 7) is 5.22. The fraction of sp³-hybridized carbons (Fsp3) is 0.389. The van der Waals surface area contributed by atoms with Crippen molar-refractivity contribution in [3.63, 3.8) is 0 Å². The van der Waals surface area contributed by atoms with Gasteiger partial charge in [0.15, 0.2) is 0 Å². The molecule has 0 saturated heterocycles. The number of rotatable bonds is 8. The predicted molar refractivity (Wildman–Crippen MR) is 105 cm³/mol. The van der Waals surface area contributed by atoms with Crippen molar-refractivity contribution in [3.05, 3.63) is 41.6 Å². The van der Waals surface area contributed by atoms with E-state index in [1.165, 1.54) is 0 Å². The second-order valence-electron chi connectivity index (χ2n) is 6.35. The summed E-state index contributed by atoms with van der Waals surface area (Å²) in [6.07, 6.45) is 1.61. The Labute approximate surface area is 155 Å². The van der Waals surface area contributed by atoms with Crippen LogP contribution in [0.15, 0.2) is 35.4 Å². The number of anilines is 2. The Morgan fingerprint density at radius 2 is 1.88 bits per heavy atom. The molecule has 0 amide bonds. The van der Waals surface area contributed by atoms with Gasteiger partial charge < -0.3 is 15.0 Å². The molecule has 26 heavy (non-hydrogen) atoms. The van der Waals surface area contributed by atoms with Crippen LogP contribution in [0.5, 0.6) is 5.75 Å². The lowest BCUT2D eigenvalue weighted by molar-refractivity contribution is 0.411. The first-order chi connectivity index (χ1) is 12.2. The van der Waals surface area contributed by atoms with Crippen molar-refractivity contribution in [2.45, 2.75) is 18.7 Å². The van der Waals surface area contributed by atoms with E-state index in [0.717, 1.165) is 24.3 Å². The van der Waals surface area contributed by atoms with Gasteiger partial charge in [0.1, 0.15) is 11.6 Å². The fourth-order valence-corrected chi connectivity index (χ4v) is 3.77. The van der Waals surface area contributed by atoms with Gasteiger partial charge in [-0.3, -0.25) is 4.72 Å². The van der Waals surface area contributed by atoms with Gasteiger partial charge in [0.2, 0.25) is 0 Å². The van der Waals surface area contributed by atoms with Crippen LogP contribution in [0.2, 0.25) is 0 Å². The topological polar surface area (TPSA) is 83.6 Å². The molecule has 0 aliphatic heterocycles. The van der Waals surface area contributed by atoms with Crippen LogP contribution in [0.4, 0.5) is 11.5 Å². The second-order valence-corrected chi connectivity index (χ2v) is 8.01. The van der Waals surface area contributed by atoms with Crippen molar-refractivity contribution >= 4 is 21.5 Å². The van der Waals surface area contributed by atoms with Crippen molar-refractivity contribution in [1.82, 2.24) is 9.88 Å². The van der Waals surface area contributed by atoms with Gasteiger partial charge in [-0.25, -0.2) is 13.4 Å². The standard InChI is InChI=1S/C18H26N4O3S/c1-13-11-17(14(2)10-16(13)25-5)26(23,24)21-18-7-6-15(12-20-18)19-8-9-22(3)4/h6-7,10-12,19H,8-9H2,1-5H3,(H,20,21). The molecule has 2 rings (SSSR count). The summed E-state index contributed by atoms with van der Waals surface area (Å²) in [5, 5.41) is 3.23. The molecule has 8 heteroatoms. The van der Waals surface area contributed by atoms with Gasteiger partial charge >= 0.3 is 0 Å². The Kier molecular flexibility index (Phi) is 6.44. The van der Waals surface area contributed by atoms with Gasteiger partial charge in [-0.2, -0.15) is 0 Å². The smallest absolute Gasteiger partial charge is 0.263 e. The summed E-state index contributed by atoms with van der Waals surface area (Å²) in [5.41, 5.74) is 2.21. The van der Waals surface area contributed by atoms with Crippen LogP contribution in [0.3, 0.4) is 0 Å². The van der Waals surface area contributed by atoms with E-state index in [0.29, 0.717) is 11.3 Å². The van der Waals surface area contributed by atoms with Gasteiger partial charge in [-0.1, -0.05) is 0 Å². The maximum absolute atomic E-state index is 12.7. The van der Waals surface area contributed by atoms with Crippen LogP contribution in [0.25, 0.3) is 0 Å². The zero-order valence-corrected chi connectivity index (χ0v) is 16.6. The maximum Gasteiger partial charge on any atom is 0.263 e. The third-order valence-electron chi connectivity index (χ3n) is 3.87. The van der Waals surface area contributed by atoms with Crippen LogP contribution in [0.1, 0.15) is 11.1 Å². The number of nitrogens with one attached hydrogen (secondary N) is 2. The summed E-state index contributed by atoms with van der Waals surface area (Å²) < 4.78 is 33.1. The Morgan fingerprint density at radius 3 is 2.46 bits per heavy atom. The largest absolute Gasteiger partial charge is 0.496 e. The Bertz CT molecular complexity index is 849. The molecule has 1 aromatic carbocycles. The van der Waals surface area contributed by atoms with Gasteiger partial charge in [-0.05, 0) is 63.3 Å². The number of ether oxygens (including phenoxy) is 1. The molecule has 0 saturated carbocycles. The molecule has 0 aliphatic rings. The number of benzene rings is 1. The molecular formula is C18H26N4O3S. The zero-order valence-electron chi connectivity index (χ0n) is 15.8. The molecule has 0 radical (unpaired) electrons. The molecule has 0 atom stereocenters. The number of hydrogen-bond acceptors (Lipinski definition) is 6. The minimum Gasteiger partial charge on any atom is -0.496 e. The molecule has 0 bridgehead atoms. The van der Waals surface area contributed by atoms with Crippen LogP contribution in [-0.4, -0.2) is 52.6 Å². The minimum atomic E-state index is -3.73. The van der Waals surface area contributed by atoms with Gasteiger partial charge in [0.05, 0.1) is 23.9 Å². The summed E-state index contributed by atoms with van der Waals surface area (Å²) in [5.74, 6) is 0.934. The van der Waals surface area contributed by atoms with Gasteiger partial charge in [-0.15, -0.1) is 0 Å². The monoisotopic (exact) mass is 378 g/mol. The first-order valence-electron chi connectivity index (χ1n) is 8.25. The number of aromatic nitrogens is 1. The third-order valence-corrected chi connectivity index (χ3v) is 5.37. The normalized spacial score (nSPS) is 11.5. The van der Waals surface area contributed by atoms with E-state index in [1.54, 1.807) is 44.5 Å². The third kappa shape index (κ3) is 5.09. The molecule has 7 nitrogen and oxygen atoms in total. The van der Waals surface area contributed by atoms with Crippen molar-refractivity contribution in [2.75, 3.05) is 44.3 Å². The summed E-state index contributed by atoms with van der Waals surface area (Å²) in [4.78, 5) is 6.47. The first kappa shape index (κ1) is 20.0. The van der Waals surface area contributed by atoms with Crippen molar-refractivity contribution < 1.29 is 13.2 Å². The zero-order chi connectivity index (χ0) is 19.3. The molecule has 2 aromatic rings. The number of methoxy groups -OCH3 is 1. The number of aryl methyl sites for hydroxylation is 2. The van der Waals surface area contributed by atoms with E-state index in [1.807, 2.05) is 21.0 Å². The molecule has 0 fully saturated rings. The lowest BCUT2D eigenvalue weighted by Crippen LogP contribution is -2.20. The highest BCUT2D eigenvalue weighted by atomic mass is 32.2. The average Bonchev–Trinajstić information content (AvgIpc) is 2.57. The molecule has 1 aromatic heterocycles. The quantitative estimate of drug-likeness (QED) is 0.734. The Morgan fingerprint density at radius 1 is 1.15 bits per heavy atom. The van der Waals surface area contributed by atoms with E-state index in [4.69, 9.17) is 4.74 Å². The van der Waals surface area contributed by atoms with Crippen molar-refractivity contribution in [1.29, 1.82) is 0 Å². The highest BCUT2D eigenvalue weighted by molar-refractivity contribution is 7.92. The van der Waals surface area contributed by atoms with E-state index >= 15 is 0 Å². The molecule has 142 valence electrons. The van der Waals surface area contributed by atoms with E-state index < -0.39 is 10.0 Å². The molecule has 0 unspecified atom stereocenters. The number of pyridine rings is 1. The summed E-state index contributed by atoms with van der Waals surface area (Å²) in [6, 6.07) is 6.76. The van der Waals surface area contributed by atoms with Crippen LogP contribution < -0.4 is 14.8 Å². The molecule has 0 spiro atoms. The number of sulfonamides is 1. The van der Waals surface area contributed by atoms with Crippen LogP contribution >= 0.6 is 0 Å². The van der Waals surface area contributed by atoms with Crippen LogP contribution in [0, 0.1) is 13.8 Å². The number of nitrogens with zero attached hydrogens (tertiary/aromatic N) is 2. The molecule has 0 aliphatic carbocycles. The fourth-order valence-electron chi connectivity index (χ4n) is 2.45. The summed E-state index contributed by atoms with van der Waals surface area (Å²) in [7, 11) is 1.84. The lowest BCUT2D eigenvalue weighted by atomic mass is 10.1. The number of hydrogen-bond donors (Lipinski definition) is 2. The number of likely N-dealkylation sites (N-methyl/N-ethyl adjacent to an activating group) is 1. The first-order valence-corrected chi connectivity index (χ1v) is 9.74. The predicted octanol–water partition coefficient (Wildman–Crippen LogP) is 2.48. The van der Waals surface area contributed by atoms with Crippen molar-refractivity contribution in [3.8, 4) is 5.75 Å². The van der Waals surface area contributed by atoms with E-state index in [2.05, 4.69) is 19.9 Å². The van der Waals surface area contributed by atoms with E-state index in [-0.39, 0.29) is 10.7 Å². The van der Waals surface area contributed by atoms with Crippen molar-refractivity contribution in [2.24, 2.45) is 0 Å². The lowest BCUT2D eigenvalue weighted by Gasteiger charge is -2.14. The maximum atomic E-state index is 12.7. The highest BCUT2D eigenvalue weighted by Crippen LogP contribution is 2.26. The average molecular weight is 378 g/mol. The molecule has 2 N–H and O–H groups in total. The SMILES string of the molecule is COc1cc(C)c(S(=O)(=O)Nc2ccc(NCCN(C)C)cn2)cc1C.